The summed E-state index contributed by atoms with van der Waals surface area (Å²) in [5.74, 6) is 0.131. The predicted octanol–water partition coefficient (Wildman–Crippen LogP) is 0.659. The molecule has 6 heteroatoms. The second-order valence-corrected chi connectivity index (χ2v) is 5.14. The smallest absolute Gasteiger partial charge is 0.220 e. The summed E-state index contributed by atoms with van der Waals surface area (Å²) in [5.41, 5.74) is 0. The molecule has 0 bridgehead atoms. The zero-order chi connectivity index (χ0) is 13.5. The zero-order valence-corrected chi connectivity index (χ0v) is 11.6. The molecule has 0 aromatic carbocycles. The van der Waals surface area contributed by atoms with Crippen LogP contribution in [0.1, 0.15) is 32.6 Å². The average Bonchev–Trinajstić information content (AvgIpc) is 3.08. The van der Waals surface area contributed by atoms with Crippen LogP contribution in [0, 0.1) is 0 Å². The van der Waals surface area contributed by atoms with Crippen molar-refractivity contribution in [3.05, 3.63) is 12.7 Å². The Morgan fingerprint density at radius 3 is 2.89 bits per heavy atom. The summed E-state index contributed by atoms with van der Waals surface area (Å²) in [5, 5.41) is 6.91. The molecule has 1 unspecified atom stereocenters. The molecule has 1 fully saturated rings. The third-order valence-electron chi connectivity index (χ3n) is 3.68. The molecule has 106 valence electrons. The Hall–Kier alpha value is -1.43. The molecule has 0 saturated carbocycles. The Bertz CT molecular complexity index is 372. The number of hydrogen-bond donors (Lipinski definition) is 1. The Labute approximate surface area is 114 Å². The Balaban J connectivity index is 1.56. The van der Waals surface area contributed by atoms with Crippen LogP contribution in [0.4, 0.5) is 0 Å². The molecule has 1 aliphatic rings. The molecule has 1 aromatic heterocycles. The quantitative estimate of drug-likeness (QED) is 0.786. The first-order valence-electron chi connectivity index (χ1n) is 7.09. The first-order valence-corrected chi connectivity index (χ1v) is 7.09. The van der Waals surface area contributed by atoms with Crippen molar-refractivity contribution in [2.45, 2.75) is 45.2 Å². The zero-order valence-electron chi connectivity index (χ0n) is 11.6. The molecular formula is C13H23N5O. The van der Waals surface area contributed by atoms with Gasteiger partial charge in [-0.15, -0.1) is 0 Å². The Morgan fingerprint density at radius 1 is 1.42 bits per heavy atom. The van der Waals surface area contributed by atoms with E-state index in [0.29, 0.717) is 25.6 Å². The summed E-state index contributed by atoms with van der Waals surface area (Å²) < 4.78 is 1.72. The molecule has 1 aliphatic heterocycles. The van der Waals surface area contributed by atoms with Gasteiger partial charge in [-0.05, 0) is 39.3 Å². The summed E-state index contributed by atoms with van der Waals surface area (Å²) in [6, 6.07) is 0.517. The van der Waals surface area contributed by atoms with E-state index in [1.807, 2.05) is 0 Å². The second-order valence-electron chi connectivity index (χ2n) is 5.14. The van der Waals surface area contributed by atoms with Gasteiger partial charge in [-0.3, -0.25) is 9.48 Å². The molecule has 2 rings (SSSR count). The number of nitrogens with zero attached hydrogens (tertiary/aromatic N) is 4. The van der Waals surface area contributed by atoms with Crippen LogP contribution in [0.2, 0.25) is 0 Å². The number of likely N-dealkylation sites (tertiary alicyclic amines) is 1. The molecular weight excluding hydrogens is 242 g/mol. The first kappa shape index (κ1) is 14.0. The van der Waals surface area contributed by atoms with E-state index in [1.54, 1.807) is 11.0 Å². The molecule has 1 atom stereocenters. The van der Waals surface area contributed by atoms with E-state index in [2.05, 4.69) is 27.2 Å². The highest BCUT2D eigenvalue weighted by Crippen LogP contribution is 2.14. The van der Waals surface area contributed by atoms with E-state index in [4.69, 9.17) is 0 Å². The molecule has 2 heterocycles. The summed E-state index contributed by atoms with van der Waals surface area (Å²) in [6.07, 6.45) is 7.30. The Morgan fingerprint density at radius 2 is 2.21 bits per heavy atom. The molecule has 1 amide bonds. The van der Waals surface area contributed by atoms with Gasteiger partial charge < -0.3 is 10.2 Å². The van der Waals surface area contributed by atoms with E-state index in [1.165, 1.54) is 32.3 Å². The number of rotatable bonds is 7. The van der Waals surface area contributed by atoms with Crippen LogP contribution in [0.25, 0.3) is 0 Å². The largest absolute Gasteiger partial charge is 0.354 e. The maximum Gasteiger partial charge on any atom is 0.220 e. The van der Waals surface area contributed by atoms with Gasteiger partial charge in [0.25, 0.3) is 0 Å². The summed E-state index contributed by atoms with van der Waals surface area (Å²) in [4.78, 5) is 18.0. The van der Waals surface area contributed by atoms with E-state index >= 15 is 0 Å². The highest BCUT2D eigenvalue weighted by Gasteiger charge is 2.18. The SMILES string of the molecule is CC(CCC(=O)NCCn1cncn1)N1CCCC1. The van der Waals surface area contributed by atoms with Gasteiger partial charge in [0.15, 0.2) is 0 Å². The van der Waals surface area contributed by atoms with E-state index in [0.717, 1.165) is 6.42 Å². The van der Waals surface area contributed by atoms with Crippen molar-refractivity contribution < 1.29 is 4.79 Å². The van der Waals surface area contributed by atoms with Crippen LogP contribution in [-0.2, 0) is 11.3 Å². The predicted molar refractivity (Wildman–Crippen MR) is 72.5 cm³/mol. The standard InChI is InChI=1S/C13H23N5O/c1-12(17-7-2-3-8-17)4-5-13(19)15-6-9-18-11-14-10-16-18/h10-12H,2-9H2,1H3,(H,15,19). The van der Waals surface area contributed by atoms with Gasteiger partial charge in [0, 0.05) is 19.0 Å². The van der Waals surface area contributed by atoms with Crippen molar-refractivity contribution >= 4 is 5.91 Å². The molecule has 6 nitrogen and oxygen atoms in total. The number of amides is 1. The van der Waals surface area contributed by atoms with Gasteiger partial charge in [0.2, 0.25) is 5.91 Å². The van der Waals surface area contributed by atoms with Crippen molar-refractivity contribution in [2.24, 2.45) is 0 Å². The van der Waals surface area contributed by atoms with Crippen molar-refractivity contribution in [2.75, 3.05) is 19.6 Å². The molecule has 0 spiro atoms. The molecule has 0 radical (unpaired) electrons. The van der Waals surface area contributed by atoms with Crippen molar-refractivity contribution in [1.82, 2.24) is 25.0 Å². The van der Waals surface area contributed by atoms with Crippen molar-refractivity contribution in [3.63, 3.8) is 0 Å². The Kier molecular flexibility index (Phi) is 5.32. The number of carbonyl (C=O) groups is 1. The maximum atomic E-state index is 11.7. The van der Waals surface area contributed by atoms with Crippen molar-refractivity contribution in [3.8, 4) is 0 Å². The fourth-order valence-corrected chi connectivity index (χ4v) is 2.45. The van der Waals surface area contributed by atoms with Gasteiger partial charge in [-0.1, -0.05) is 0 Å². The van der Waals surface area contributed by atoms with Crippen molar-refractivity contribution in [1.29, 1.82) is 0 Å². The van der Waals surface area contributed by atoms with Gasteiger partial charge in [0.1, 0.15) is 12.7 Å². The molecule has 19 heavy (non-hydrogen) atoms. The van der Waals surface area contributed by atoms with Crippen LogP contribution in [0.5, 0.6) is 0 Å². The third kappa shape index (κ3) is 4.63. The van der Waals surface area contributed by atoms with Crippen LogP contribution in [-0.4, -0.2) is 51.2 Å². The van der Waals surface area contributed by atoms with Crippen LogP contribution in [0.15, 0.2) is 12.7 Å². The lowest BCUT2D eigenvalue weighted by atomic mass is 10.1. The third-order valence-corrected chi connectivity index (χ3v) is 3.68. The fraction of sp³-hybridized carbons (Fsp3) is 0.769. The average molecular weight is 265 g/mol. The minimum absolute atomic E-state index is 0.131. The first-order chi connectivity index (χ1) is 9.25. The monoisotopic (exact) mass is 265 g/mol. The maximum absolute atomic E-state index is 11.7. The number of nitrogens with one attached hydrogen (secondary N) is 1. The summed E-state index contributed by atoms with van der Waals surface area (Å²) in [7, 11) is 0. The van der Waals surface area contributed by atoms with Crippen LogP contribution < -0.4 is 5.32 Å². The fourth-order valence-electron chi connectivity index (χ4n) is 2.45. The highest BCUT2D eigenvalue weighted by atomic mass is 16.1. The lowest BCUT2D eigenvalue weighted by molar-refractivity contribution is -0.121. The van der Waals surface area contributed by atoms with Gasteiger partial charge in [-0.2, -0.15) is 5.10 Å². The minimum Gasteiger partial charge on any atom is -0.354 e. The molecule has 1 aromatic rings. The van der Waals surface area contributed by atoms with Gasteiger partial charge in [-0.25, -0.2) is 4.98 Å². The summed E-state index contributed by atoms with van der Waals surface area (Å²) >= 11 is 0. The van der Waals surface area contributed by atoms with Gasteiger partial charge in [0.05, 0.1) is 6.54 Å². The highest BCUT2D eigenvalue weighted by molar-refractivity contribution is 5.75. The normalized spacial score (nSPS) is 17.5. The van der Waals surface area contributed by atoms with E-state index < -0.39 is 0 Å². The topological polar surface area (TPSA) is 63.1 Å². The van der Waals surface area contributed by atoms with Crippen LogP contribution >= 0.6 is 0 Å². The molecule has 1 N–H and O–H groups in total. The summed E-state index contributed by atoms with van der Waals surface area (Å²) in [6.45, 7) is 5.88. The minimum atomic E-state index is 0.131. The lowest BCUT2D eigenvalue weighted by Crippen LogP contribution is -2.33. The number of carbonyl (C=O) groups excluding carboxylic acids is 1. The second kappa shape index (κ2) is 7.23. The van der Waals surface area contributed by atoms with Gasteiger partial charge >= 0.3 is 0 Å². The molecule has 0 aliphatic carbocycles. The van der Waals surface area contributed by atoms with Crippen LogP contribution in [0.3, 0.4) is 0 Å². The van der Waals surface area contributed by atoms with E-state index in [9.17, 15) is 4.79 Å². The number of hydrogen-bond acceptors (Lipinski definition) is 4. The van der Waals surface area contributed by atoms with E-state index in [-0.39, 0.29) is 5.91 Å². The molecule has 1 saturated heterocycles. The number of aromatic nitrogens is 3. The lowest BCUT2D eigenvalue weighted by Gasteiger charge is -2.23.